The Balaban J connectivity index is 1.75. The third kappa shape index (κ3) is 5.43. The van der Waals surface area contributed by atoms with Crippen molar-refractivity contribution in [3.8, 4) is 11.5 Å². The summed E-state index contributed by atoms with van der Waals surface area (Å²) in [5.41, 5.74) is 2.14. The van der Waals surface area contributed by atoms with E-state index in [9.17, 15) is 9.59 Å². The summed E-state index contributed by atoms with van der Waals surface area (Å²) in [5, 5.41) is 1.93. The molecule has 1 aliphatic heterocycles. The van der Waals surface area contributed by atoms with Gasteiger partial charge in [0.1, 0.15) is 6.04 Å². The van der Waals surface area contributed by atoms with Crippen LogP contribution < -0.4 is 24.4 Å². The molecule has 0 saturated heterocycles. The smallest absolute Gasteiger partial charge is 0.338 e. The average molecular weight is 640 g/mol. The average Bonchev–Trinajstić information content (AvgIpc) is 3.58. The number of thiazole rings is 1. The number of aromatic nitrogens is 1. The quantitative estimate of drug-likeness (QED) is 0.236. The van der Waals surface area contributed by atoms with Crippen LogP contribution in [0.1, 0.15) is 42.8 Å². The van der Waals surface area contributed by atoms with Gasteiger partial charge in [0, 0.05) is 10.4 Å². The summed E-state index contributed by atoms with van der Waals surface area (Å²) < 4.78 is 19.8. The van der Waals surface area contributed by atoms with E-state index in [1.165, 1.54) is 22.7 Å². The summed E-state index contributed by atoms with van der Waals surface area (Å²) in [5.74, 6) is 0.655. The van der Waals surface area contributed by atoms with Gasteiger partial charge in [0.25, 0.3) is 5.56 Å². The molecule has 10 heteroatoms. The van der Waals surface area contributed by atoms with Crippen LogP contribution in [-0.2, 0) is 9.53 Å². The first kappa shape index (κ1) is 28.1. The zero-order valence-corrected chi connectivity index (χ0v) is 25.6. The number of carbonyl (C=O) groups is 1. The summed E-state index contributed by atoms with van der Waals surface area (Å²) >= 11 is 6.34. The van der Waals surface area contributed by atoms with Crippen LogP contribution in [0.5, 0.6) is 11.5 Å². The number of thiophene rings is 1. The number of fused-ring (bicyclic) bond motifs is 1. The molecular weight excluding hydrogens is 612 g/mol. The molecule has 0 radical (unpaired) electrons. The summed E-state index contributed by atoms with van der Waals surface area (Å²) in [7, 11) is 1.58. The Morgan fingerprint density at radius 3 is 2.60 bits per heavy atom. The van der Waals surface area contributed by atoms with Crippen LogP contribution in [-0.4, -0.2) is 30.4 Å². The van der Waals surface area contributed by atoms with Crippen LogP contribution in [0.25, 0.3) is 11.8 Å². The van der Waals surface area contributed by atoms with Crippen molar-refractivity contribution < 1.29 is 19.0 Å². The van der Waals surface area contributed by atoms with Crippen LogP contribution in [0.2, 0.25) is 0 Å². The molecule has 3 heterocycles. The number of ether oxygens (including phenoxy) is 3. The Labute approximate surface area is 247 Å². The highest BCUT2D eigenvalue weighted by Crippen LogP contribution is 2.38. The number of hydrogen-bond acceptors (Lipinski definition) is 8. The van der Waals surface area contributed by atoms with Crippen LogP contribution in [0, 0.1) is 0 Å². The van der Waals surface area contributed by atoms with E-state index in [2.05, 4.69) is 15.9 Å². The van der Waals surface area contributed by atoms with Crippen molar-refractivity contribution in [2.45, 2.75) is 32.9 Å². The zero-order valence-electron chi connectivity index (χ0n) is 22.3. The van der Waals surface area contributed by atoms with Crippen molar-refractivity contribution in [2.75, 3.05) is 13.7 Å². The predicted octanol–water partition coefficient (Wildman–Crippen LogP) is 5.56. The zero-order chi connectivity index (χ0) is 28.4. The van der Waals surface area contributed by atoms with Crippen LogP contribution in [0.3, 0.4) is 0 Å². The fraction of sp³-hybridized carbons (Fsp3) is 0.233. The van der Waals surface area contributed by atoms with Gasteiger partial charge in [-0.1, -0.05) is 47.7 Å². The van der Waals surface area contributed by atoms with Crippen molar-refractivity contribution in [3.05, 3.63) is 106 Å². The first-order valence-corrected chi connectivity index (χ1v) is 15.2. The van der Waals surface area contributed by atoms with Crippen molar-refractivity contribution in [2.24, 2.45) is 4.99 Å². The summed E-state index contributed by atoms with van der Waals surface area (Å²) in [6.45, 7) is 5.86. The second-order valence-corrected chi connectivity index (χ2v) is 12.0. The minimum Gasteiger partial charge on any atom is -0.493 e. The molecule has 2 aromatic carbocycles. The predicted molar refractivity (Wildman–Crippen MR) is 162 cm³/mol. The van der Waals surface area contributed by atoms with Gasteiger partial charge in [-0.2, -0.15) is 0 Å². The molecule has 0 amide bonds. The van der Waals surface area contributed by atoms with Crippen LogP contribution in [0.4, 0.5) is 0 Å². The molecule has 0 fully saturated rings. The van der Waals surface area contributed by atoms with Gasteiger partial charge in [-0.05, 0) is 71.9 Å². The second-order valence-electron chi connectivity index (χ2n) is 9.15. The maximum atomic E-state index is 14.0. The van der Waals surface area contributed by atoms with Gasteiger partial charge in [0.05, 0.1) is 40.1 Å². The molecule has 0 aliphatic carbocycles. The number of nitrogens with zero attached hydrogens (tertiary/aromatic N) is 2. The summed E-state index contributed by atoms with van der Waals surface area (Å²) in [6.07, 6.45) is 1.77. The van der Waals surface area contributed by atoms with E-state index in [-0.39, 0.29) is 18.3 Å². The normalized spacial score (nSPS) is 15.2. The Bertz CT molecular complexity index is 1760. The molecule has 0 bridgehead atoms. The van der Waals surface area contributed by atoms with Gasteiger partial charge in [0.15, 0.2) is 16.3 Å². The topological polar surface area (TPSA) is 79.1 Å². The number of halogens is 1. The van der Waals surface area contributed by atoms with Crippen molar-refractivity contribution in [1.82, 2.24) is 4.57 Å². The standard InChI is InChI=1S/C30H27BrN2O5S2/c1-5-37-29(35)24-25(19-10-7-6-8-11-19)32-30-33(26(24)22-12-9-13-39-22)28(34)23(40-30)16-18-14-20(31)27(38-17(2)3)21(15-18)36-4/h6-17,26H,5H2,1-4H3/b23-16-/t26-/m0/s1. The number of rotatable bonds is 8. The van der Waals surface area contributed by atoms with E-state index >= 15 is 0 Å². The lowest BCUT2D eigenvalue weighted by Crippen LogP contribution is -2.39. The third-order valence-corrected chi connectivity index (χ3v) is 8.59. The minimum absolute atomic E-state index is 0.0376. The Morgan fingerprint density at radius 1 is 1.18 bits per heavy atom. The lowest BCUT2D eigenvalue weighted by atomic mass is 9.97. The Kier molecular flexibility index (Phi) is 8.39. The molecule has 4 aromatic rings. The first-order chi connectivity index (χ1) is 19.3. The summed E-state index contributed by atoms with van der Waals surface area (Å²) in [4.78, 5) is 33.7. The van der Waals surface area contributed by atoms with Crippen molar-refractivity contribution in [3.63, 3.8) is 0 Å². The van der Waals surface area contributed by atoms with E-state index in [1.807, 2.05) is 73.8 Å². The highest BCUT2D eigenvalue weighted by molar-refractivity contribution is 9.10. The largest absolute Gasteiger partial charge is 0.493 e. The van der Waals surface area contributed by atoms with Gasteiger partial charge >= 0.3 is 5.97 Å². The number of methoxy groups -OCH3 is 1. The number of hydrogen-bond donors (Lipinski definition) is 0. The van der Waals surface area contributed by atoms with E-state index in [0.29, 0.717) is 36.6 Å². The van der Waals surface area contributed by atoms with Crippen LogP contribution in [0.15, 0.2) is 79.8 Å². The van der Waals surface area contributed by atoms with Gasteiger partial charge in [-0.15, -0.1) is 11.3 Å². The molecule has 0 saturated carbocycles. The molecule has 0 unspecified atom stereocenters. The molecule has 1 aliphatic rings. The lowest BCUT2D eigenvalue weighted by Gasteiger charge is -2.24. The van der Waals surface area contributed by atoms with Crippen molar-refractivity contribution in [1.29, 1.82) is 0 Å². The SMILES string of the molecule is CCOC(=O)C1=C(c2ccccc2)N=c2s/c(=C\c3cc(Br)c(OC(C)C)c(OC)c3)c(=O)n2[C@H]1c1cccs1. The molecular formula is C30H27BrN2O5S2. The number of carbonyl (C=O) groups excluding carboxylic acids is 1. The highest BCUT2D eigenvalue weighted by Gasteiger charge is 2.35. The molecule has 0 spiro atoms. The summed E-state index contributed by atoms with van der Waals surface area (Å²) in [6, 6.07) is 16.4. The molecule has 206 valence electrons. The Hall–Kier alpha value is -3.47. The van der Waals surface area contributed by atoms with E-state index in [4.69, 9.17) is 19.2 Å². The molecule has 0 N–H and O–H groups in total. The van der Waals surface area contributed by atoms with Crippen LogP contribution >= 0.6 is 38.6 Å². The second kappa shape index (κ2) is 12.0. The fourth-order valence-corrected chi connectivity index (χ4v) is 6.86. The molecule has 2 aromatic heterocycles. The maximum Gasteiger partial charge on any atom is 0.338 e. The highest BCUT2D eigenvalue weighted by atomic mass is 79.9. The van der Waals surface area contributed by atoms with E-state index in [1.54, 1.807) is 24.7 Å². The maximum absolute atomic E-state index is 14.0. The van der Waals surface area contributed by atoms with Gasteiger partial charge in [-0.3, -0.25) is 9.36 Å². The minimum atomic E-state index is -0.671. The van der Waals surface area contributed by atoms with Gasteiger partial charge in [-0.25, -0.2) is 9.79 Å². The molecule has 5 rings (SSSR count). The molecule has 7 nitrogen and oxygen atoms in total. The third-order valence-electron chi connectivity index (χ3n) is 6.09. The number of esters is 1. The van der Waals surface area contributed by atoms with Crippen molar-refractivity contribution >= 4 is 56.3 Å². The number of benzene rings is 2. The lowest BCUT2D eigenvalue weighted by molar-refractivity contribution is -0.138. The Morgan fingerprint density at radius 2 is 1.95 bits per heavy atom. The first-order valence-electron chi connectivity index (χ1n) is 12.7. The fourth-order valence-electron chi connectivity index (χ4n) is 4.48. The van der Waals surface area contributed by atoms with Gasteiger partial charge < -0.3 is 14.2 Å². The molecule has 40 heavy (non-hydrogen) atoms. The van der Waals surface area contributed by atoms with E-state index < -0.39 is 12.0 Å². The van der Waals surface area contributed by atoms with E-state index in [0.717, 1.165) is 16.0 Å². The van der Waals surface area contributed by atoms with Gasteiger partial charge in [0.2, 0.25) is 0 Å². The molecule has 1 atom stereocenters. The monoisotopic (exact) mass is 638 g/mol.